The van der Waals surface area contributed by atoms with Crippen molar-refractivity contribution in [2.24, 2.45) is 0 Å². The zero-order chi connectivity index (χ0) is 9.40. The summed E-state index contributed by atoms with van der Waals surface area (Å²) in [7, 11) is 0. The molecule has 0 spiro atoms. The first-order valence-electron chi connectivity index (χ1n) is 5.50. The molecule has 1 atom stereocenters. The van der Waals surface area contributed by atoms with Gasteiger partial charge in [0.15, 0.2) is 0 Å². The molecule has 0 bridgehead atoms. The number of nitrogens with one attached hydrogen (secondary N) is 1. The van der Waals surface area contributed by atoms with Crippen molar-refractivity contribution >= 4 is 0 Å². The van der Waals surface area contributed by atoms with E-state index in [9.17, 15) is 0 Å². The molecule has 12 heavy (non-hydrogen) atoms. The second-order valence-electron chi connectivity index (χ2n) is 3.72. The highest BCUT2D eigenvalue weighted by molar-refractivity contribution is 4.68. The predicted molar refractivity (Wildman–Crippen MR) is 56.5 cm³/mol. The first-order chi connectivity index (χ1) is 5.74. The van der Waals surface area contributed by atoms with Crippen LogP contribution in [0.2, 0.25) is 0 Å². The summed E-state index contributed by atoms with van der Waals surface area (Å²) in [5, 5.41) is 3.65. The van der Waals surface area contributed by atoms with Gasteiger partial charge in [-0.05, 0) is 26.2 Å². The van der Waals surface area contributed by atoms with E-state index in [1.807, 2.05) is 0 Å². The van der Waals surface area contributed by atoms with Crippen LogP contribution >= 0.6 is 0 Å². The van der Waals surface area contributed by atoms with Gasteiger partial charge >= 0.3 is 0 Å². The summed E-state index contributed by atoms with van der Waals surface area (Å²) in [6.45, 7) is 9.07. The molecule has 0 saturated heterocycles. The SMILES string of the molecule is CCCCC(C)NC(CC)CC. The Morgan fingerprint density at radius 3 is 2.08 bits per heavy atom. The van der Waals surface area contributed by atoms with Gasteiger partial charge in [-0.15, -0.1) is 0 Å². The van der Waals surface area contributed by atoms with E-state index in [-0.39, 0.29) is 0 Å². The quantitative estimate of drug-likeness (QED) is 0.619. The molecule has 0 aromatic rings. The van der Waals surface area contributed by atoms with Gasteiger partial charge < -0.3 is 5.32 Å². The lowest BCUT2D eigenvalue weighted by Crippen LogP contribution is -2.35. The first kappa shape index (κ1) is 12.0. The normalized spacial score (nSPS) is 13.8. The fraction of sp³-hybridized carbons (Fsp3) is 1.00. The molecule has 0 saturated carbocycles. The number of hydrogen-bond acceptors (Lipinski definition) is 1. The van der Waals surface area contributed by atoms with Crippen molar-refractivity contribution in [1.29, 1.82) is 0 Å². The zero-order valence-corrected chi connectivity index (χ0v) is 9.19. The Balaban J connectivity index is 3.44. The molecule has 0 rings (SSSR count). The summed E-state index contributed by atoms with van der Waals surface area (Å²) < 4.78 is 0. The van der Waals surface area contributed by atoms with Gasteiger partial charge in [0.1, 0.15) is 0 Å². The Hall–Kier alpha value is -0.0400. The molecular weight excluding hydrogens is 146 g/mol. The number of hydrogen-bond donors (Lipinski definition) is 1. The second-order valence-corrected chi connectivity index (χ2v) is 3.72. The Morgan fingerprint density at radius 1 is 1.08 bits per heavy atom. The van der Waals surface area contributed by atoms with E-state index >= 15 is 0 Å². The molecule has 0 aliphatic heterocycles. The molecule has 0 aromatic carbocycles. The van der Waals surface area contributed by atoms with Gasteiger partial charge in [0.05, 0.1) is 0 Å². The van der Waals surface area contributed by atoms with Gasteiger partial charge in [0.2, 0.25) is 0 Å². The minimum Gasteiger partial charge on any atom is -0.312 e. The summed E-state index contributed by atoms with van der Waals surface area (Å²) in [6.07, 6.45) is 6.51. The Morgan fingerprint density at radius 2 is 1.67 bits per heavy atom. The van der Waals surface area contributed by atoms with Crippen LogP contribution in [-0.4, -0.2) is 12.1 Å². The topological polar surface area (TPSA) is 12.0 Å². The van der Waals surface area contributed by atoms with Crippen molar-refractivity contribution in [2.45, 2.75) is 71.9 Å². The van der Waals surface area contributed by atoms with Crippen molar-refractivity contribution in [3.05, 3.63) is 0 Å². The standard InChI is InChI=1S/C11H25N/c1-5-8-9-10(4)12-11(6-2)7-3/h10-12H,5-9H2,1-4H3. The van der Waals surface area contributed by atoms with E-state index in [0.29, 0.717) is 6.04 Å². The van der Waals surface area contributed by atoms with E-state index in [2.05, 4.69) is 33.0 Å². The average molecular weight is 171 g/mol. The lowest BCUT2D eigenvalue weighted by molar-refractivity contribution is 0.401. The van der Waals surface area contributed by atoms with E-state index in [4.69, 9.17) is 0 Å². The predicted octanol–water partition coefficient (Wildman–Crippen LogP) is 3.34. The van der Waals surface area contributed by atoms with Crippen LogP contribution in [0.15, 0.2) is 0 Å². The Kier molecular flexibility index (Phi) is 7.58. The highest BCUT2D eigenvalue weighted by Gasteiger charge is 2.06. The minimum absolute atomic E-state index is 0.704. The van der Waals surface area contributed by atoms with Crippen molar-refractivity contribution in [2.75, 3.05) is 0 Å². The number of unbranched alkanes of at least 4 members (excludes halogenated alkanes) is 1. The van der Waals surface area contributed by atoms with Gasteiger partial charge in [0.25, 0.3) is 0 Å². The average Bonchev–Trinajstić information content (AvgIpc) is 2.10. The van der Waals surface area contributed by atoms with E-state index in [1.54, 1.807) is 0 Å². The van der Waals surface area contributed by atoms with Gasteiger partial charge in [-0.1, -0.05) is 33.6 Å². The molecule has 74 valence electrons. The fourth-order valence-electron chi connectivity index (χ4n) is 1.52. The third-order valence-corrected chi connectivity index (χ3v) is 2.50. The molecule has 1 heteroatoms. The van der Waals surface area contributed by atoms with Crippen LogP contribution in [0.1, 0.15) is 59.8 Å². The van der Waals surface area contributed by atoms with Crippen LogP contribution in [-0.2, 0) is 0 Å². The molecule has 0 aliphatic rings. The minimum atomic E-state index is 0.704. The van der Waals surface area contributed by atoms with Crippen LogP contribution in [0.25, 0.3) is 0 Å². The molecule has 1 unspecified atom stereocenters. The van der Waals surface area contributed by atoms with Crippen LogP contribution in [0.5, 0.6) is 0 Å². The van der Waals surface area contributed by atoms with Crippen molar-refractivity contribution < 1.29 is 0 Å². The number of rotatable bonds is 7. The highest BCUT2D eigenvalue weighted by atomic mass is 14.9. The van der Waals surface area contributed by atoms with Gasteiger partial charge in [-0.3, -0.25) is 0 Å². The lowest BCUT2D eigenvalue weighted by atomic mass is 10.1. The molecule has 0 aliphatic carbocycles. The Bertz CT molecular complexity index is 87.0. The third kappa shape index (κ3) is 5.59. The van der Waals surface area contributed by atoms with Gasteiger partial charge in [-0.25, -0.2) is 0 Å². The Labute approximate surface area is 77.9 Å². The first-order valence-corrected chi connectivity index (χ1v) is 5.50. The van der Waals surface area contributed by atoms with E-state index in [1.165, 1.54) is 32.1 Å². The van der Waals surface area contributed by atoms with E-state index in [0.717, 1.165) is 6.04 Å². The monoisotopic (exact) mass is 171 g/mol. The fourth-order valence-corrected chi connectivity index (χ4v) is 1.52. The molecule has 0 amide bonds. The maximum atomic E-state index is 3.65. The highest BCUT2D eigenvalue weighted by Crippen LogP contribution is 2.03. The summed E-state index contributed by atoms with van der Waals surface area (Å²) in [4.78, 5) is 0. The summed E-state index contributed by atoms with van der Waals surface area (Å²) in [5.74, 6) is 0. The van der Waals surface area contributed by atoms with E-state index < -0.39 is 0 Å². The molecule has 1 nitrogen and oxygen atoms in total. The molecule has 0 heterocycles. The van der Waals surface area contributed by atoms with Crippen LogP contribution in [0.4, 0.5) is 0 Å². The maximum absolute atomic E-state index is 3.65. The third-order valence-electron chi connectivity index (χ3n) is 2.50. The molecule has 0 radical (unpaired) electrons. The molecule has 1 N–H and O–H groups in total. The van der Waals surface area contributed by atoms with Crippen molar-refractivity contribution in [3.63, 3.8) is 0 Å². The summed E-state index contributed by atoms with van der Waals surface area (Å²) >= 11 is 0. The maximum Gasteiger partial charge on any atom is 0.00642 e. The smallest absolute Gasteiger partial charge is 0.00642 e. The molecule has 0 aromatic heterocycles. The van der Waals surface area contributed by atoms with Crippen molar-refractivity contribution in [3.8, 4) is 0 Å². The molecule has 0 fully saturated rings. The second kappa shape index (κ2) is 7.60. The zero-order valence-electron chi connectivity index (χ0n) is 9.19. The largest absolute Gasteiger partial charge is 0.312 e. The van der Waals surface area contributed by atoms with Crippen LogP contribution in [0, 0.1) is 0 Å². The summed E-state index contributed by atoms with van der Waals surface area (Å²) in [6, 6.07) is 1.44. The van der Waals surface area contributed by atoms with Gasteiger partial charge in [-0.2, -0.15) is 0 Å². The van der Waals surface area contributed by atoms with Crippen LogP contribution in [0.3, 0.4) is 0 Å². The van der Waals surface area contributed by atoms with Gasteiger partial charge in [0, 0.05) is 12.1 Å². The summed E-state index contributed by atoms with van der Waals surface area (Å²) in [5.41, 5.74) is 0. The molecular formula is C11H25N. The van der Waals surface area contributed by atoms with Crippen molar-refractivity contribution in [1.82, 2.24) is 5.32 Å². The van der Waals surface area contributed by atoms with Crippen LogP contribution < -0.4 is 5.32 Å². The lowest BCUT2D eigenvalue weighted by Gasteiger charge is -2.20.